The first-order chi connectivity index (χ1) is 6.72. The van der Waals surface area contributed by atoms with Gasteiger partial charge >= 0.3 is 5.97 Å². The predicted molar refractivity (Wildman–Crippen MR) is 57.3 cm³/mol. The third-order valence-electron chi connectivity index (χ3n) is 1.92. The molecule has 0 bridgehead atoms. The summed E-state index contributed by atoms with van der Waals surface area (Å²) in [6.07, 6.45) is 0.681. The van der Waals surface area contributed by atoms with Gasteiger partial charge in [0.1, 0.15) is 6.04 Å². The largest absolute Gasteiger partial charge is 0.480 e. The van der Waals surface area contributed by atoms with E-state index < -0.39 is 12.0 Å². The Morgan fingerprint density at radius 3 is 2.33 bits per heavy atom. The minimum atomic E-state index is -1.15. The summed E-state index contributed by atoms with van der Waals surface area (Å²) in [4.78, 5) is 21.6. The second-order valence-corrected chi connectivity index (χ2v) is 4.81. The summed E-state index contributed by atoms with van der Waals surface area (Å²) in [6.45, 7) is 6.76. The number of nitrogens with one attached hydrogen (secondary N) is 1. The first-order valence-electron chi connectivity index (χ1n) is 4.97. The molecular weight excluding hydrogens is 196 g/mol. The molecule has 0 aromatic rings. The van der Waals surface area contributed by atoms with Crippen LogP contribution in [0.3, 0.4) is 0 Å². The number of carbonyl (C=O) groups is 2. The molecule has 0 spiro atoms. The van der Waals surface area contributed by atoms with E-state index in [9.17, 15) is 9.59 Å². The lowest BCUT2D eigenvalue weighted by Gasteiger charge is -2.18. The molecule has 0 aliphatic carbocycles. The first kappa shape index (κ1) is 13.9. The van der Waals surface area contributed by atoms with Gasteiger partial charge in [0.05, 0.1) is 6.42 Å². The lowest BCUT2D eigenvalue weighted by molar-refractivity contribution is -0.140. The van der Waals surface area contributed by atoms with Gasteiger partial charge in [-0.05, 0) is 11.8 Å². The van der Waals surface area contributed by atoms with E-state index in [2.05, 4.69) is 26.1 Å². The highest BCUT2D eigenvalue weighted by Crippen LogP contribution is 2.16. The number of hydrogen-bond acceptors (Lipinski definition) is 3. The van der Waals surface area contributed by atoms with E-state index in [0.717, 1.165) is 6.42 Å². The highest BCUT2D eigenvalue weighted by atomic mass is 16.4. The van der Waals surface area contributed by atoms with Crippen molar-refractivity contribution in [2.24, 2.45) is 11.1 Å². The molecule has 4 N–H and O–H groups in total. The van der Waals surface area contributed by atoms with E-state index in [1.54, 1.807) is 0 Å². The fourth-order valence-electron chi connectivity index (χ4n) is 0.936. The van der Waals surface area contributed by atoms with Crippen molar-refractivity contribution < 1.29 is 14.7 Å². The molecule has 0 fully saturated rings. The summed E-state index contributed by atoms with van der Waals surface area (Å²) < 4.78 is 0. The SMILES string of the molecule is CC(C)(C)CCNC(=O)CC(N)C(=O)O. The minimum Gasteiger partial charge on any atom is -0.480 e. The molecule has 0 aliphatic rings. The van der Waals surface area contributed by atoms with Gasteiger partial charge < -0.3 is 16.2 Å². The van der Waals surface area contributed by atoms with Crippen molar-refractivity contribution in [3.63, 3.8) is 0 Å². The molecule has 0 rings (SSSR count). The number of carbonyl (C=O) groups excluding carboxylic acids is 1. The third-order valence-corrected chi connectivity index (χ3v) is 1.92. The van der Waals surface area contributed by atoms with Crippen LogP contribution in [0.15, 0.2) is 0 Å². The summed E-state index contributed by atoms with van der Waals surface area (Å²) in [6, 6.07) is -1.11. The van der Waals surface area contributed by atoms with Crippen molar-refractivity contribution in [2.45, 2.75) is 39.7 Å². The van der Waals surface area contributed by atoms with Crippen molar-refractivity contribution in [1.82, 2.24) is 5.32 Å². The van der Waals surface area contributed by atoms with E-state index >= 15 is 0 Å². The van der Waals surface area contributed by atoms with Crippen LogP contribution in [-0.4, -0.2) is 29.6 Å². The predicted octanol–water partition coefficient (Wildman–Crippen LogP) is 0.341. The van der Waals surface area contributed by atoms with Crippen LogP contribution in [0.2, 0.25) is 0 Å². The van der Waals surface area contributed by atoms with Gasteiger partial charge in [-0.1, -0.05) is 20.8 Å². The maximum atomic E-state index is 11.2. The van der Waals surface area contributed by atoms with Crippen molar-refractivity contribution in [3.8, 4) is 0 Å². The molecule has 1 unspecified atom stereocenters. The zero-order chi connectivity index (χ0) is 12.1. The maximum absolute atomic E-state index is 11.2. The fraction of sp³-hybridized carbons (Fsp3) is 0.800. The molecule has 1 atom stereocenters. The lowest BCUT2D eigenvalue weighted by Crippen LogP contribution is -2.37. The van der Waals surface area contributed by atoms with Crippen molar-refractivity contribution >= 4 is 11.9 Å². The second kappa shape index (κ2) is 5.70. The lowest BCUT2D eigenvalue weighted by atomic mass is 9.92. The minimum absolute atomic E-state index is 0.155. The summed E-state index contributed by atoms with van der Waals surface area (Å²) in [5.41, 5.74) is 5.37. The van der Waals surface area contributed by atoms with E-state index in [1.165, 1.54) is 0 Å². The standard InChI is InChI=1S/C10H20N2O3/c1-10(2,3)4-5-12-8(13)6-7(11)9(14)15/h7H,4-6,11H2,1-3H3,(H,12,13)(H,14,15). The summed E-state index contributed by atoms with van der Waals surface area (Å²) in [5.74, 6) is -1.46. The average Bonchev–Trinajstić information content (AvgIpc) is 2.01. The number of nitrogens with two attached hydrogens (primary N) is 1. The Morgan fingerprint density at radius 2 is 1.93 bits per heavy atom. The molecule has 0 heterocycles. The molecule has 15 heavy (non-hydrogen) atoms. The van der Waals surface area contributed by atoms with Crippen LogP contribution in [0.1, 0.15) is 33.6 Å². The Bertz CT molecular complexity index is 233. The maximum Gasteiger partial charge on any atom is 0.321 e. The molecule has 0 radical (unpaired) electrons. The molecule has 5 heteroatoms. The Balaban J connectivity index is 3.72. The van der Waals surface area contributed by atoms with Gasteiger partial charge in [0.25, 0.3) is 0 Å². The van der Waals surface area contributed by atoms with Crippen LogP contribution in [0.25, 0.3) is 0 Å². The van der Waals surface area contributed by atoms with E-state index in [-0.39, 0.29) is 17.7 Å². The van der Waals surface area contributed by atoms with E-state index in [0.29, 0.717) is 6.54 Å². The number of carboxylic acids is 1. The van der Waals surface area contributed by atoms with Crippen LogP contribution < -0.4 is 11.1 Å². The van der Waals surface area contributed by atoms with Crippen LogP contribution in [0, 0.1) is 5.41 Å². The van der Waals surface area contributed by atoms with Gasteiger partial charge in [0, 0.05) is 6.54 Å². The number of hydrogen-bond donors (Lipinski definition) is 3. The van der Waals surface area contributed by atoms with Crippen LogP contribution in [0.5, 0.6) is 0 Å². The Morgan fingerprint density at radius 1 is 1.40 bits per heavy atom. The Labute approximate surface area is 90.0 Å². The van der Waals surface area contributed by atoms with Crippen LogP contribution in [0.4, 0.5) is 0 Å². The topological polar surface area (TPSA) is 92.4 Å². The van der Waals surface area contributed by atoms with Crippen LogP contribution >= 0.6 is 0 Å². The van der Waals surface area contributed by atoms with Gasteiger partial charge in [0.15, 0.2) is 0 Å². The van der Waals surface area contributed by atoms with Gasteiger partial charge in [-0.25, -0.2) is 0 Å². The second-order valence-electron chi connectivity index (χ2n) is 4.81. The highest BCUT2D eigenvalue weighted by Gasteiger charge is 2.16. The summed E-state index contributed by atoms with van der Waals surface area (Å²) in [7, 11) is 0. The molecule has 0 saturated heterocycles. The molecule has 0 aromatic carbocycles. The number of aliphatic carboxylic acids is 1. The third kappa shape index (κ3) is 7.93. The zero-order valence-corrected chi connectivity index (χ0v) is 9.54. The molecule has 88 valence electrons. The smallest absolute Gasteiger partial charge is 0.321 e. The monoisotopic (exact) mass is 216 g/mol. The van der Waals surface area contributed by atoms with E-state index in [4.69, 9.17) is 10.8 Å². The van der Waals surface area contributed by atoms with E-state index in [1.807, 2.05) is 0 Å². The highest BCUT2D eigenvalue weighted by molar-refractivity contribution is 5.84. The van der Waals surface area contributed by atoms with Gasteiger partial charge in [-0.2, -0.15) is 0 Å². The molecule has 0 aliphatic heterocycles. The van der Waals surface area contributed by atoms with Gasteiger partial charge in [0.2, 0.25) is 5.91 Å². The fourth-order valence-corrected chi connectivity index (χ4v) is 0.936. The molecule has 1 amide bonds. The number of rotatable bonds is 5. The Kier molecular flexibility index (Phi) is 5.28. The Hall–Kier alpha value is -1.10. The summed E-state index contributed by atoms with van der Waals surface area (Å²) in [5, 5.41) is 11.1. The quantitative estimate of drug-likeness (QED) is 0.618. The zero-order valence-electron chi connectivity index (χ0n) is 9.54. The first-order valence-corrected chi connectivity index (χ1v) is 4.97. The van der Waals surface area contributed by atoms with Gasteiger partial charge in [-0.15, -0.1) is 0 Å². The van der Waals surface area contributed by atoms with Crippen molar-refractivity contribution in [1.29, 1.82) is 0 Å². The normalized spacial score (nSPS) is 13.3. The van der Waals surface area contributed by atoms with Crippen LogP contribution in [-0.2, 0) is 9.59 Å². The molecule has 0 saturated carbocycles. The average molecular weight is 216 g/mol. The number of amides is 1. The number of carboxylic acid groups (broad SMARTS) is 1. The summed E-state index contributed by atoms with van der Waals surface area (Å²) >= 11 is 0. The molecule has 0 aromatic heterocycles. The molecular formula is C10H20N2O3. The molecule has 5 nitrogen and oxygen atoms in total. The van der Waals surface area contributed by atoms with Crippen molar-refractivity contribution in [3.05, 3.63) is 0 Å². The van der Waals surface area contributed by atoms with Crippen molar-refractivity contribution in [2.75, 3.05) is 6.54 Å². The van der Waals surface area contributed by atoms with Gasteiger partial charge in [-0.3, -0.25) is 9.59 Å².